The Labute approximate surface area is 71.4 Å². The maximum absolute atomic E-state index is 11.5. The van der Waals surface area contributed by atoms with Crippen molar-refractivity contribution in [2.45, 2.75) is 11.5 Å². The van der Waals surface area contributed by atoms with E-state index >= 15 is 0 Å². The zero-order valence-electron chi connectivity index (χ0n) is 5.69. The molecule has 4 nitrogen and oxygen atoms in total. The molecular weight excluding hydrogens is 240 g/mol. The Balaban J connectivity index is 4.86. The monoisotopic (exact) mass is 243 g/mol. The molecule has 0 N–H and O–H groups in total. The minimum absolute atomic E-state index is 1.03. The van der Waals surface area contributed by atoms with E-state index in [0.717, 1.165) is 0 Å². The lowest BCUT2D eigenvalue weighted by molar-refractivity contribution is 0.233. The highest BCUT2D eigenvalue weighted by Gasteiger charge is 2.26. The molecule has 0 aliphatic rings. The Morgan fingerprint density at radius 2 is 1.00 bits per heavy atom. The van der Waals surface area contributed by atoms with E-state index in [1.165, 1.54) is 0 Å². The van der Waals surface area contributed by atoms with Crippen LogP contribution >= 0.6 is 0 Å². The van der Waals surface area contributed by atoms with Gasteiger partial charge in [0.2, 0.25) is 0 Å². The van der Waals surface area contributed by atoms with Gasteiger partial charge < -0.3 is 0 Å². The fourth-order valence-electron chi connectivity index (χ4n) is 0.271. The molecule has 80 valence electrons. The van der Waals surface area contributed by atoms with Crippen LogP contribution in [0.1, 0.15) is 0 Å². The van der Waals surface area contributed by atoms with Gasteiger partial charge in [-0.15, -0.1) is 0 Å². The molecule has 10 heteroatoms. The molecule has 0 radical (unpaired) electrons. The zero-order valence-corrected chi connectivity index (χ0v) is 7.33. The highest BCUT2D eigenvalue weighted by atomic mass is 32.3. The second-order valence-corrected chi connectivity index (χ2v) is 5.63. The minimum atomic E-state index is -5.43. The Kier molecular flexibility index (Phi) is 3.67. The van der Waals surface area contributed by atoms with Gasteiger partial charge in [-0.2, -0.15) is 17.6 Å². The maximum atomic E-state index is 11.5. The maximum Gasteiger partial charge on any atom is 0.310 e. The van der Waals surface area contributed by atoms with Gasteiger partial charge in [-0.1, -0.05) is 5.08 Å². The average Bonchev–Trinajstić information content (AvgIpc) is 1.83. The number of rotatable bonds is 4. The first-order valence-electron chi connectivity index (χ1n) is 2.48. The fraction of sp³-hybridized carbons (Fsp3) is 0.667. The van der Waals surface area contributed by atoms with Crippen molar-refractivity contribution in [3.8, 4) is 0 Å². The van der Waals surface area contributed by atoms with E-state index in [9.17, 15) is 34.4 Å². The van der Waals surface area contributed by atoms with Crippen molar-refractivity contribution in [2.75, 3.05) is 0 Å². The van der Waals surface area contributed by atoms with Crippen molar-refractivity contribution in [3.63, 3.8) is 0 Å². The molecule has 0 rings (SSSR count). The van der Waals surface area contributed by atoms with Crippen LogP contribution in [-0.4, -0.2) is 28.4 Å². The molecule has 13 heavy (non-hydrogen) atoms. The van der Waals surface area contributed by atoms with Crippen molar-refractivity contribution in [1.29, 1.82) is 0 Å². The van der Waals surface area contributed by atoms with Gasteiger partial charge in [-0.25, -0.2) is 0 Å². The van der Waals surface area contributed by atoms with Crippen LogP contribution in [0.2, 0.25) is 0 Å². The van der Waals surface area contributed by atoms with Crippen molar-refractivity contribution in [2.24, 2.45) is 0 Å². The van der Waals surface area contributed by atoms with Gasteiger partial charge >= 0.3 is 11.5 Å². The van der Waals surface area contributed by atoms with Crippen molar-refractivity contribution in [3.05, 3.63) is 5.08 Å². The van der Waals surface area contributed by atoms with E-state index in [1.807, 2.05) is 0 Å². The molecule has 0 aliphatic carbocycles. The highest BCUT2D eigenvalue weighted by Crippen LogP contribution is 2.18. The van der Waals surface area contributed by atoms with Gasteiger partial charge in [0.1, 0.15) is 0 Å². The Morgan fingerprint density at radius 3 is 1.15 bits per heavy atom. The summed E-state index contributed by atoms with van der Waals surface area (Å²) in [4.78, 5) is 0. The van der Waals surface area contributed by atoms with Gasteiger partial charge in [0, 0.05) is 0 Å². The molecule has 0 bridgehead atoms. The lowest BCUT2D eigenvalue weighted by atomic mass is 11.7. The molecule has 0 amide bonds. The van der Waals surface area contributed by atoms with Crippen LogP contribution in [0.3, 0.4) is 0 Å². The summed E-state index contributed by atoms with van der Waals surface area (Å²) in [6.45, 7) is 0. The number of halogens is 4. The largest absolute Gasteiger partial charge is 0.310 e. The molecule has 0 atom stereocenters. The first kappa shape index (κ1) is 12.6. The molecular formula is C3H3F4O4S2-. The lowest BCUT2D eigenvalue weighted by Crippen LogP contribution is -2.21. The molecule has 0 spiro atoms. The van der Waals surface area contributed by atoms with Crippen LogP contribution in [-0.2, 0) is 19.7 Å². The topological polar surface area (TPSA) is 68.3 Å². The third-order valence-corrected chi connectivity index (χ3v) is 3.90. The second-order valence-electron chi connectivity index (χ2n) is 1.80. The van der Waals surface area contributed by atoms with E-state index in [2.05, 4.69) is 0 Å². The number of sulfone groups is 2. The summed E-state index contributed by atoms with van der Waals surface area (Å²) in [5.74, 6) is -8.05. The molecule has 0 aliphatic heterocycles. The molecule has 0 heterocycles. The predicted octanol–water partition coefficient (Wildman–Crippen LogP) is 0.380. The highest BCUT2D eigenvalue weighted by molar-refractivity contribution is 8.11. The van der Waals surface area contributed by atoms with Crippen LogP contribution in [0.4, 0.5) is 17.6 Å². The third kappa shape index (κ3) is 3.46. The third-order valence-electron chi connectivity index (χ3n) is 0.765. The minimum Gasteiger partial charge on any atom is -0.256 e. The molecule has 0 aromatic heterocycles. The molecule has 0 aromatic rings. The second kappa shape index (κ2) is 3.78. The average molecular weight is 243 g/mol. The number of alkyl halides is 4. The van der Waals surface area contributed by atoms with E-state index in [4.69, 9.17) is 0 Å². The summed E-state index contributed by atoms with van der Waals surface area (Å²) in [7, 11) is -10.9. The van der Waals surface area contributed by atoms with Crippen LogP contribution in [0, 0.1) is 5.08 Å². The van der Waals surface area contributed by atoms with E-state index < -0.39 is 36.3 Å². The van der Waals surface area contributed by atoms with Gasteiger partial charge in [-0.05, 0) is 0 Å². The quantitative estimate of drug-likeness (QED) is 0.528. The number of hydrogen-bond donors (Lipinski definition) is 0. The predicted molar refractivity (Wildman–Crippen MR) is 34.1 cm³/mol. The summed E-state index contributed by atoms with van der Waals surface area (Å²) in [5, 5.41) is -1.03. The van der Waals surface area contributed by atoms with Gasteiger partial charge in [-0.3, -0.25) is 16.8 Å². The summed E-state index contributed by atoms with van der Waals surface area (Å²) >= 11 is 0. The first-order valence-corrected chi connectivity index (χ1v) is 5.70. The summed E-state index contributed by atoms with van der Waals surface area (Å²) < 4.78 is 86.4. The molecule has 0 saturated carbocycles. The van der Waals surface area contributed by atoms with Crippen LogP contribution in [0.5, 0.6) is 0 Å². The Morgan fingerprint density at radius 1 is 0.769 bits per heavy atom. The van der Waals surface area contributed by atoms with Gasteiger partial charge in [0.25, 0.3) is 0 Å². The van der Waals surface area contributed by atoms with E-state index in [0.29, 0.717) is 0 Å². The summed E-state index contributed by atoms with van der Waals surface area (Å²) in [5.41, 5.74) is 0. The standard InChI is InChI=1S/C3H3F4O4S2/c4-2(5)12(8,9)1-13(10,11)3(6)7/h1-3H/q-1. The van der Waals surface area contributed by atoms with Gasteiger partial charge in [0.05, 0.1) is 19.7 Å². The van der Waals surface area contributed by atoms with Crippen LogP contribution in [0.15, 0.2) is 0 Å². The molecule has 0 fully saturated rings. The zero-order chi connectivity index (χ0) is 10.9. The Bertz CT molecular complexity index is 319. The normalized spacial score (nSPS) is 14.0. The molecule has 0 aromatic carbocycles. The van der Waals surface area contributed by atoms with Gasteiger partial charge in [0.15, 0.2) is 0 Å². The van der Waals surface area contributed by atoms with Crippen molar-refractivity contribution in [1.82, 2.24) is 0 Å². The fourth-order valence-corrected chi connectivity index (χ4v) is 2.44. The van der Waals surface area contributed by atoms with E-state index in [-0.39, 0.29) is 0 Å². The SMILES string of the molecule is O=S(=O)([CH-]S(=O)(=O)C(F)F)C(F)F. The lowest BCUT2D eigenvalue weighted by Gasteiger charge is -2.12. The van der Waals surface area contributed by atoms with Crippen molar-refractivity contribution >= 4 is 19.7 Å². The van der Waals surface area contributed by atoms with Crippen LogP contribution in [0.25, 0.3) is 0 Å². The summed E-state index contributed by atoms with van der Waals surface area (Å²) in [6, 6.07) is 0. The van der Waals surface area contributed by atoms with Crippen LogP contribution < -0.4 is 0 Å². The Hall–Kier alpha value is -0.380. The number of hydrogen-bond acceptors (Lipinski definition) is 4. The molecule has 0 saturated heterocycles. The molecule has 0 unspecified atom stereocenters. The van der Waals surface area contributed by atoms with Crippen molar-refractivity contribution < 1.29 is 34.4 Å². The van der Waals surface area contributed by atoms with E-state index in [1.54, 1.807) is 0 Å². The smallest absolute Gasteiger partial charge is 0.256 e. The first-order chi connectivity index (χ1) is 5.59. The summed E-state index contributed by atoms with van der Waals surface area (Å²) in [6.07, 6.45) is 0.